The summed E-state index contributed by atoms with van der Waals surface area (Å²) in [6, 6.07) is 5.17. The van der Waals surface area contributed by atoms with Gasteiger partial charge in [-0.2, -0.15) is 0 Å². The molecule has 1 aromatic heterocycles. The van der Waals surface area contributed by atoms with E-state index in [1.807, 2.05) is 32.0 Å². The Morgan fingerprint density at radius 3 is 2.87 bits per heavy atom. The molecule has 1 fully saturated rings. The number of carbonyl (C=O) groups excluding carboxylic acids is 2. The molecule has 0 radical (unpaired) electrons. The first-order valence-corrected chi connectivity index (χ1v) is 8.45. The van der Waals surface area contributed by atoms with Gasteiger partial charge in [0.1, 0.15) is 15.9 Å². The fourth-order valence-corrected chi connectivity index (χ4v) is 3.64. The summed E-state index contributed by atoms with van der Waals surface area (Å²) in [7, 11) is 0. The Morgan fingerprint density at radius 2 is 2.22 bits per heavy atom. The molecule has 7 heteroatoms. The normalized spacial score (nSPS) is 20.4. The summed E-state index contributed by atoms with van der Waals surface area (Å²) in [4.78, 5) is 28.8. The summed E-state index contributed by atoms with van der Waals surface area (Å²) in [6.07, 6.45) is 1.53. The van der Waals surface area contributed by atoms with E-state index in [1.165, 1.54) is 17.5 Å². The molecule has 0 saturated carbocycles. The number of benzene rings is 1. The summed E-state index contributed by atoms with van der Waals surface area (Å²) in [5.74, 6) is -0.336. The van der Waals surface area contributed by atoms with Gasteiger partial charge in [-0.1, -0.05) is 18.5 Å². The van der Waals surface area contributed by atoms with Crippen LogP contribution in [0.25, 0.3) is 10.6 Å². The molecule has 2 amide bonds. The molecule has 0 bridgehead atoms. The lowest BCUT2D eigenvalue weighted by Crippen LogP contribution is -2.42. The van der Waals surface area contributed by atoms with Gasteiger partial charge in [0.2, 0.25) is 5.91 Å². The van der Waals surface area contributed by atoms with Crippen LogP contribution < -0.4 is 10.6 Å². The summed E-state index contributed by atoms with van der Waals surface area (Å²) < 4.78 is 0. The summed E-state index contributed by atoms with van der Waals surface area (Å²) in [6.45, 7) is 4.46. The third kappa shape index (κ3) is 3.38. The molecule has 2 N–H and O–H groups in total. The van der Waals surface area contributed by atoms with Crippen molar-refractivity contribution in [2.24, 2.45) is 5.92 Å². The van der Waals surface area contributed by atoms with E-state index in [0.717, 1.165) is 16.1 Å². The first-order chi connectivity index (χ1) is 10.9. The number of thiazole rings is 1. The molecule has 2 heterocycles. The highest BCUT2D eigenvalue weighted by molar-refractivity contribution is 7.16. The minimum Gasteiger partial charge on any atom is -0.354 e. The number of aromatic nitrogens is 1. The molecule has 1 aliphatic heterocycles. The van der Waals surface area contributed by atoms with Crippen LogP contribution in [0, 0.1) is 12.8 Å². The molecular weight excluding hydrogens is 334 g/mol. The van der Waals surface area contributed by atoms with Crippen molar-refractivity contribution in [1.29, 1.82) is 0 Å². The third-order valence-electron chi connectivity index (χ3n) is 3.75. The number of carbonyl (C=O) groups is 2. The van der Waals surface area contributed by atoms with Crippen molar-refractivity contribution in [2.75, 3.05) is 6.54 Å². The summed E-state index contributed by atoms with van der Waals surface area (Å²) in [5.41, 5.74) is 1.91. The smallest absolute Gasteiger partial charge is 0.263 e. The van der Waals surface area contributed by atoms with Crippen molar-refractivity contribution in [2.45, 2.75) is 19.9 Å². The van der Waals surface area contributed by atoms with Gasteiger partial charge in [0.25, 0.3) is 5.91 Å². The van der Waals surface area contributed by atoms with Crippen LogP contribution in [0.4, 0.5) is 0 Å². The Kier molecular flexibility index (Phi) is 4.37. The van der Waals surface area contributed by atoms with Crippen LogP contribution in [0.1, 0.15) is 22.2 Å². The number of hydrogen-bond donors (Lipinski definition) is 2. The molecule has 0 spiro atoms. The van der Waals surface area contributed by atoms with E-state index < -0.39 is 6.04 Å². The number of nitrogens with one attached hydrogen (secondary N) is 2. The van der Waals surface area contributed by atoms with Crippen LogP contribution in [-0.4, -0.2) is 29.4 Å². The minimum absolute atomic E-state index is 0.0782. The van der Waals surface area contributed by atoms with Gasteiger partial charge in [0.15, 0.2) is 0 Å². The van der Waals surface area contributed by atoms with Crippen LogP contribution in [0.3, 0.4) is 0 Å². The zero-order chi connectivity index (χ0) is 16.6. The topological polar surface area (TPSA) is 71.1 Å². The number of hydrogen-bond acceptors (Lipinski definition) is 4. The van der Waals surface area contributed by atoms with E-state index in [4.69, 9.17) is 11.6 Å². The monoisotopic (exact) mass is 349 g/mol. The largest absolute Gasteiger partial charge is 0.354 e. The molecule has 5 nitrogen and oxygen atoms in total. The Labute approximate surface area is 143 Å². The minimum atomic E-state index is -0.485. The Balaban J connectivity index is 1.78. The highest BCUT2D eigenvalue weighted by Crippen LogP contribution is 2.28. The molecular formula is C16H16ClN3O2S. The molecule has 0 aliphatic carbocycles. The Bertz CT molecular complexity index is 754. The van der Waals surface area contributed by atoms with Gasteiger partial charge in [-0.25, -0.2) is 4.98 Å². The van der Waals surface area contributed by atoms with Gasteiger partial charge in [-0.3, -0.25) is 9.59 Å². The van der Waals surface area contributed by atoms with Crippen LogP contribution in [0.15, 0.2) is 24.4 Å². The highest BCUT2D eigenvalue weighted by atomic mass is 35.5. The van der Waals surface area contributed by atoms with Crippen molar-refractivity contribution < 1.29 is 9.59 Å². The van der Waals surface area contributed by atoms with Crippen LogP contribution in [0.2, 0.25) is 5.02 Å². The van der Waals surface area contributed by atoms with Gasteiger partial charge < -0.3 is 10.6 Å². The van der Waals surface area contributed by atoms with Crippen LogP contribution in [-0.2, 0) is 4.79 Å². The van der Waals surface area contributed by atoms with Gasteiger partial charge in [-0.05, 0) is 30.7 Å². The molecule has 2 aromatic rings. The van der Waals surface area contributed by atoms with Gasteiger partial charge in [-0.15, -0.1) is 11.3 Å². The molecule has 2 atom stereocenters. The average Bonchev–Trinajstić information content (AvgIpc) is 3.09. The first-order valence-electron chi connectivity index (χ1n) is 7.26. The number of nitrogens with zero attached hydrogens (tertiary/aromatic N) is 1. The van der Waals surface area contributed by atoms with Crippen molar-refractivity contribution in [3.05, 3.63) is 39.9 Å². The van der Waals surface area contributed by atoms with Crippen molar-refractivity contribution >= 4 is 34.8 Å². The molecule has 1 aliphatic rings. The average molecular weight is 350 g/mol. The quantitative estimate of drug-likeness (QED) is 0.894. The highest BCUT2D eigenvalue weighted by Gasteiger charge is 2.33. The first kappa shape index (κ1) is 16.0. The second-order valence-corrected chi connectivity index (χ2v) is 7.19. The lowest BCUT2D eigenvalue weighted by atomic mass is 10.1. The summed E-state index contributed by atoms with van der Waals surface area (Å²) in [5, 5.41) is 6.88. The van der Waals surface area contributed by atoms with E-state index >= 15 is 0 Å². The third-order valence-corrected chi connectivity index (χ3v) is 5.02. The maximum atomic E-state index is 12.3. The van der Waals surface area contributed by atoms with Crippen LogP contribution >= 0.6 is 22.9 Å². The molecule has 3 rings (SSSR count). The van der Waals surface area contributed by atoms with Gasteiger partial charge in [0, 0.05) is 23.0 Å². The molecule has 0 unspecified atom stereocenters. The van der Waals surface area contributed by atoms with Crippen molar-refractivity contribution in [3.8, 4) is 10.6 Å². The number of aryl methyl sites for hydroxylation is 1. The fraction of sp³-hybridized carbons (Fsp3) is 0.312. The van der Waals surface area contributed by atoms with E-state index in [0.29, 0.717) is 16.4 Å². The van der Waals surface area contributed by atoms with E-state index in [-0.39, 0.29) is 17.7 Å². The zero-order valence-electron chi connectivity index (χ0n) is 12.7. The Hall–Kier alpha value is -1.92. The molecule has 120 valence electrons. The van der Waals surface area contributed by atoms with E-state index in [9.17, 15) is 9.59 Å². The van der Waals surface area contributed by atoms with Crippen LogP contribution in [0.5, 0.6) is 0 Å². The number of rotatable bonds is 3. The SMILES string of the molecule is Cc1cc(Cl)cc(-c2ncc(C(=O)N[C@H]3C(=O)NC[C@H]3C)s2)c1. The second kappa shape index (κ2) is 6.29. The molecule has 1 aromatic carbocycles. The maximum absolute atomic E-state index is 12.3. The van der Waals surface area contributed by atoms with Crippen molar-refractivity contribution in [3.63, 3.8) is 0 Å². The Morgan fingerprint density at radius 1 is 1.43 bits per heavy atom. The molecule has 1 saturated heterocycles. The van der Waals surface area contributed by atoms with Gasteiger partial charge >= 0.3 is 0 Å². The lowest BCUT2D eigenvalue weighted by molar-refractivity contribution is -0.121. The number of halogens is 1. The van der Waals surface area contributed by atoms with E-state index in [1.54, 1.807) is 0 Å². The predicted molar refractivity (Wildman–Crippen MR) is 90.7 cm³/mol. The van der Waals surface area contributed by atoms with Crippen molar-refractivity contribution in [1.82, 2.24) is 15.6 Å². The summed E-state index contributed by atoms with van der Waals surface area (Å²) >= 11 is 7.35. The standard InChI is InChI=1S/C16H16ClN3O2S/c1-8-3-10(5-11(17)4-8)16-19-7-12(23-16)14(21)20-13-9(2)6-18-15(13)22/h3-5,7,9,13H,6H2,1-2H3,(H,18,22)(H,20,21)/t9-,13-/m1/s1. The predicted octanol–water partition coefficient (Wildman–Crippen LogP) is 2.64. The second-order valence-electron chi connectivity index (χ2n) is 5.72. The maximum Gasteiger partial charge on any atom is 0.263 e. The molecule has 23 heavy (non-hydrogen) atoms. The fourth-order valence-electron chi connectivity index (χ4n) is 2.54. The zero-order valence-corrected chi connectivity index (χ0v) is 14.3. The number of amides is 2. The lowest BCUT2D eigenvalue weighted by Gasteiger charge is -2.13. The van der Waals surface area contributed by atoms with Gasteiger partial charge in [0.05, 0.1) is 6.20 Å². The van der Waals surface area contributed by atoms with E-state index in [2.05, 4.69) is 15.6 Å².